The number of carbonyl (C=O) groups is 1. The standard InChI is InChI=1S/C33H35F3N6O3/c1-21-28-17-26(45-30-7-10-38-31-27(30)6-9-37-31)5-3-22(28)8-11-42(21)32(43)39-24-4-2-23(29(16-24)33(34,35)36)18-40-12-14-41(15-13-40)25-19-44-20-25/h2-7,9-10,16-17,21,25H,8,11-15,18-20H2,1H3,(H,37,38)(H,39,43)/t21-/m0/s1. The number of piperazine rings is 1. The summed E-state index contributed by atoms with van der Waals surface area (Å²) in [4.78, 5) is 26.8. The van der Waals surface area contributed by atoms with Crippen LogP contribution in [0, 0.1) is 0 Å². The van der Waals surface area contributed by atoms with Crippen molar-refractivity contribution in [2.45, 2.75) is 38.1 Å². The van der Waals surface area contributed by atoms with Gasteiger partial charge in [0.1, 0.15) is 17.1 Å². The summed E-state index contributed by atoms with van der Waals surface area (Å²) < 4.78 is 54.1. The van der Waals surface area contributed by atoms with Crippen LogP contribution >= 0.6 is 0 Å². The minimum Gasteiger partial charge on any atom is -0.457 e. The highest BCUT2D eigenvalue weighted by atomic mass is 19.4. The predicted molar refractivity (Wildman–Crippen MR) is 163 cm³/mol. The largest absolute Gasteiger partial charge is 0.457 e. The summed E-state index contributed by atoms with van der Waals surface area (Å²) in [5.74, 6) is 1.29. The van der Waals surface area contributed by atoms with Gasteiger partial charge in [0.25, 0.3) is 0 Å². The first-order chi connectivity index (χ1) is 21.7. The van der Waals surface area contributed by atoms with Crippen LogP contribution in [0.3, 0.4) is 0 Å². The van der Waals surface area contributed by atoms with E-state index < -0.39 is 17.8 Å². The topological polar surface area (TPSA) is 86.0 Å². The first-order valence-corrected chi connectivity index (χ1v) is 15.3. The molecule has 1 atom stereocenters. The number of pyridine rings is 1. The summed E-state index contributed by atoms with van der Waals surface area (Å²) in [7, 11) is 0. The van der Waals surface area contributed by atoms with E-state index in [9.17, 15) is 18.0 Å². The van der Waals surface area contributed by atoms with Gasteiger partial charge in [-0.2, -0.15) is 13.2 Å². The van der Waals surface area contributed by atoms with Crippen LogP contribution in [-0.4, -0.2) is 82.7 Å². The van der Waals surface area contributed by atoms with E-state index in [1.807, 2.05) is 31.2 Å². The summed E-state index contributed by atoms with van der Waals surface area (Å²) in [6, 6.07) is 13.3. The van der Waals surface area contributed by atoms with E-state index >= 15 is 0 Å². The van der Waals surface area contributed by atoms with E-state index in [0.717, 1.165) is 54.5 Å². The molecule has 0 radical (unpaired) electrons. The Morgan fingerprint density at radius 2 is 1.89 bits per heavy atom. The number of urea groups is 1. The number of alkyl halides is 3. The maximum absolute atomic E-state index is 14.2. The molecule has 0 spiro atoms. The molecule has 0 saturated carbocycles. The zero-order valence-electron chi connectivity index (χ0n) is 24.9. The lowest BCUT2D eigenvalue weighted by molar-refractivity contribution is -0.138. The Balaban J connectivity index is 1.03. The molecular formula is C33H35F3N6O3. The van der Waals surface area contributed by atoms with E-state index in [-0.39, 0.29) is 23.8 Å². The maximum atomic E-state index is 14.2. The van der Waals surface area contributed by atoms with Crippen LogP contribution in [-0.2, 0) is 23.9 Å². The Bertz CT molecular complexity index is 1700. The molecule has 2 amide bonds. The summed E-state index contributed by atoms with van der Waals surface area (Å²) in [5, 5.41) is 3.59. The molecule has 3 aliphatic heterocycles. The number of carbonyl (C=O) groups excluding carboxylic acids is 1. The first-order valence-electron chi connectivity index (χ1n) is 15.3. The SMILES string of the molecule is C[C@H]1c2cc(Oc3ccnc4[nH]ccc34)ccc2CCN1C(=O)Nc1ccc(CN2CCN(C3COC3)CC2)c(C(F)(F)F)c1. The molecule has 2 aromatic carbocycles. The molecule has 7 rings (SSSR count). The highest BCUT2D eigenvalue weighted by molar-refractivity contribution is 5.90. The van der Waals surface area contributed by atoms with E-state index in [1.54, 1.807) is 29.4 Å². The van der Waals surface area contributed by atoms with Crippen LogP contribution in [0.1, 0.15) is 35.2 Å². The van der Waals surface area contributed by atoms with Crippen molar-refractivity contribution in [3.05, 3.63) is 83.2 Å². The molecule has 2 fully saturated rings. The van der Waals surface area contributed by atoms with E-state index in [0.29, 0.717) is 43.6 Å². The minimum absolute atomic E-state index is 0.120. The van der Waals surface area contributed by atoms with Crippen LogP contribution in [0.4, 0.5) is 23.7 Å². The second-order valence-corrected chi connectivity index (χ2v) is 11.9. The number of rotatable bonds is 6. The third kappa shape index (κ3) is 6.09. The third-order valence-corrected chi connectivity index (χ3v) is 9.17. The second kappa shape index (κ2) is 12.0. The number of halogens is 3. The van der Waals surface area contributed by atoms with E-state index in [4.69, 9.17) is 9.47 Å². The molecule has 12 heteroatoms. The van der Waals surface area contributed by atoms with Crippen LogP contribution in [0.15, 0.2) is 60.9 Å². The van der Waals surface area contributed by atoms with Crippen LogP contribution < -0.4 is 10.1 Å². The molecule has 0 aliphatic carbocycles. The molecule has 2 N–H and O–H groups in total. The Labute approximate surface area is 258 Å². The number of H-pyrrole nitrogens is 1. The van der Waals surface area contributed by atoms with Gasteiger partial charge in [-0.05, 0) is 66.4 Å². The average molecular weight is 621 g/mol. The van der Waals surface area contributed by atoms with E-state index in [2.05, 4.69) is 25.1 Å². The van der Waals surface area contributed by atoms with Crippen LogP contribution in [0.25, 0.3) is 11.0 Å². The minimum atomic E-state index is -4.55. The normalized spacial score (nSPS) is 19.7. The van der Waals surface area contributed by atoms with Gasteiger partial charge in [-0.3, -0.25) is 9.80 Å². The van der Waals surface area contributed by atoms with Crippen LogP contribution in [0.2, 0.25) is 0 Å². The van der Waals surface area contributed by atoms with Gasteiger partial charge >= 0.3 is 12.2 Å². The average Bonchev–Trinajstić information content (AvgIpc) is 3.48. The van der Waals surface area contributed by atoms with E-state index in [1.165, 1.54) is 6.07 Å². The summed E-state index contributed by atoms with van der Waals surface area (Å²) >= 11 is 0. The number of nitrogens with zero attached hydrogens (tertiary/aromatic N) is 4. The molecule has 2 aromatic heterocycles. The molecular weight excluding hydrogens is 585 g/mol. The molecule has 2 saturated heterocycles. The number of hydrogen-bond donors (Lipinski definition) is 2. The fourth-order valence-electron chi connectivity index (χ4n) is 6.50. The number of benzene rings is 2. The van der Waals surface area contributed by atoms with Crippen molar-refractivity contribution in [1.29, 1.82) is 0 Å². The quantitative estimate of drug-likeness (QED) is 0.274. The summed E-state index contributed by atoms with van der Waals surface area (Å²) in [6.45, 7) is 7.05. The lowest BCUT2D eigenvalue weighted by Crippen LogP contribution is -2.56. The Morgan fingerprint density at radius 3 is 2.64 bits per heavy atom. The van der Waals surface area contributed by atoms with Gasteiger partial charge in [0.05, 0.1) is 36.2 Å². The highest BCUT2D eigenvalue weighted by Gasteiger charge is 2.36. The van der Waals surface area contributed by atoms with Crippen molar-refractivity contribution >= 4 is 22.8 Å². The van der Waals surface area contributed by atoms with Gasteiger partial charge in [0.15, 0.2) is 0 Å². The van der Waals surface area contributed by atoms with Crippen LogP contribution in [0.5, 0.6) is 11.5 Å². The van der Waals surface area contributed by atoms with Gasteiger partial charge in [-0.1, -0.05) is 12.1 Å². The lowest BCUT2D eigenvalue weighted by atomic mass is 9.93. The van der Waals surface area contributed by atoms with Crippen molar-refractivity contribution in [2.75, 3.05) is 51.3 Å². The molecule has 0 bridgehead atoms. The fraction of sp³-hybridized carbons (Fsp3) is 0.394. The zero-order chi connectivity index (χ0) is 31.1. The molecule has 3 aliphatic rings. The van der Waals surface area contributed by atoms with Crippen molar-refractivity contribution in [3.63, 3.8) is 0 Å². The fourth-order valence-corrected chi connectivity index (χ4v) is 6.50. The third-order valence-electron chi connectivity index (χ3n) is 9.17. The van der Waals surface area contributed by atoms with Gasteiger partial charge in [-0.15, -0.1) is 0 Å². The smallest absolute Gasteiger partial charge is 0.416 e. The molecule has 5 heterocycles. The predicted octanol–water partition coefficient (Wildman–Crippen LogP) is 6.04. The number of aromatic amines is 1. The lowest BCUT2D eigenvalue weighted by Gasteiger charge is -2.42. The van der Waals surface area contributed by atoms with Crippen molar-refractivity contribution in [1.82, 2.24) is 24.7 Å². The first kappa shape index (κ1) is 29.6. The number of anilines is 1. The van der Waals surface area contributed by atoms with Crippen molar-refractivity contribution in [3.8, 4) is 11.5 Å². The summed E-state index contributed by atoms with van der Waals surface area (Å²) in [6.07, 6.45) is -0.450. The monoisotopic (exact) mass is 620 g/mol. The molecule has 4 aromatic rings. The van der Waals surface area contributed by atoms with Gasteiger partial charge in [-0.25, -0.2) is 9.78 Å². The highest BCUT2D eigenvalue weighted by Crippen LogP contribution is 2.37. The van der Waals surface area contributed by atoms with Crippen molar-refractivity contribution in [2.24, 2.45) is 0 Å². The maximum Gasteiger partial charge on any atom is 0.416 e. The Morgan fingerprint density at radius 1 is 1.07 bits per heavy atom. The molecule has 45 heavy (non-hydrogen) atoms. The Kier molecular flexibility index (Phi) is 7.88. The summed E-state index contributed by atoms with van der Waals surface area (Å²) in [5.41, 5.74) is 2.37. The van der Waals surface area contributed by atoms with Crippen molar-refractivity contribution < 1.29 is 27.4 Å². The van der Waals surface area contributed by atoms with Gasteiger partial charge in [0, 0.05) is 57.3 Å². The molecule has 0 unspecified atom stereocenters. The number of ether oxygens (including phenoxy) is 2. The number of nitrogens with one attached hydrogen (secondary N) is 2. The molecule has 236 valence electrons. The second-order valence-electron chi connectivity index (χ2n) is 11.9. The molecule has 9 nitrogen and oxygen atoms in total. The number of fused-ring (bicyclic) bond motifs is 2. The number of hydrogen-bond acceptors (Lipinski definition) is 6. The Hall–Kier alpha value is -4.13. The number of aromatic nitrogens is 2. The van der Waals surface area contributed by atoms with Gasteiger partial charge < -0.3 is 24.7 Å². The van der Waals surface area contributed by atoms with Gasteiger partial charge in [0.2, 0.25) is 0 Å². The number of amides is 2. The zero-order valence-corrected chi connectivity index (χ0v) is 24.9.